The largest absolute Gasteiger partial charge is 0.398 e. The summed E-state index contributed by atoms with van der Waals surface area (Å²) in [6, 6.07) is 10.5. The van der Waals surface area contributed by atoms with Crippen LogP contribution in [-0.2, 0) is 12.8 Å². The minimum atomic E-state index is -0.444. The van der Waals surface area contributed by atoms with E-state index in [1.54, 1.807) is 29.9 Å². The summed E-state index contributed by atoms with van der Waals surface area (Å²) in [6.07, 6.45) is 14.6. The van der Waals surface area contributed by atoms with Crippen molar-refractivity contribution in [3.8, 4) is 17.5 Å². The monoisotopic (exact) mass is 489 g/mol. The molecule has 0 bridgehead atoms. The van der Waals surface area contributed by atoms with Crippen LogP contribution in [-0.4, -0.2) is 15.0 Å². The first-order chi connectivity index (χ1) is 16.7. The molecule has 0 unspecified atom stereocenters. The maximum atomic E-state index is 8.86. The topological polar surface area (TPSA) is 88.5 Å². The molecule has 0 atom stereocenters. The SMILES string of the molecule is CC.CC(C)Cc1ccc(-c2cnccn2)nc1.CCc1ccc(/C(N)=C/C=C\C(C)(C)C#N)s1. The van der Waals surface area contributed by atoms with Gasteiger partial charge in [0, 0.05) is 29.2 Å². The zero-order chi connectivity index (χ0) is 26.3. The Bertz CT molecular complexity index is 1090. The third-order valence-corrected chi connectivity index (χ3v) is 5.94. The molecule has 0 saturated carbocycles. The van der Waals surface area contributed by atoms with E-state index < -0.39 is 5.41 Å². The van der Waals surface area contributed by atoms with Gasteiger partial charge in [0.1, 0.15) is 5.69 Å². The van der Waals surface area contributed by atoms with Crippen molar-refractivity contribution in [3.05, 3.63) is 82.6 Å². The Labute approximate surface area is 215 Å². The van der Waals surface area contributed by atoms with Crippen LogP contribution >= 0.6 is 11.3 Å². The lowest BCUT2D eigenvalue weighted by Crippen LogP contribution is -2.01. The highest BCUT2D eigenvalue weighted by molar-refractivity contribution is 7.13. The summed E-state index contributed by atoms with van der Waals surface area (Å²) in [5.74, 6) is 0.657. The second-order valence-corrected chi connectivity index (χ2v) is 9.84. The number of nitriles is 1. The molecule has 3 aromatic rings. The summed E-state index contributed by atoms with van der Waals surface area (Å²) in [7, 11) is 0. The van der Waals surface area contributed by atoms with Crippen LogP contribution in [0.4, 0.5) is 0 Å². The molecule has 0 aliphatic carbocycles. The van der Waals surface area contributed by atoms with Crippen molar-refractivity contribution < 1.29 is 0 Å². The van der Waals surface area contributed by atoms with Crippen molar-refractivity contribution in [1.82, 2.24) is 15.0 Å². The zero-order valence-electron chi connectivity index (χ0n) is 22.1. The van der Waals surface area contributed by atoms with E-state index in [9.17, 15) is 0 Å². The Morgan fingerprint density at radius 3 is 2.34 bits per heavy atom. The molecular weight excluding hydrogens is 450 g/mol. The van der Waals surface area contributed by atoms with Gasteiger partial charge in [-0.2, -0.15) is 5.26 Å². The number of rotatable bonds is 7. The van der Waals surface area contributed by atoms with E-state index in [0.717, 1.165) is 34.8 Å². The number of hydrogen-bond acceptors (Lipinski definition) is 6. The van der Waals surface area contributed by atoms with Gasteiger partial charge in [0.2, 0.25) is 0 Å². The standard InChI is InChI=1S/C14H18N2S.C13H15N3.C2H6/c1-4-11-7-8-13(17-11)12(16)6-5-9-14(2,3)10-15;1-10(2)7-11-3-4-12(16-8-11)13-9-14-5-6-15-13;1-2/h5-9H,4,16H2,1-3H3;3-6,8-10H,7H2,1-2H3;1-2H3/b9-5-,12-6-;;. The van der Waals surface area contributed by atoms with E-state index >= 15 is 0 Å². The molecule has 3 rings (SSSR count). The molecular formula is C29H39N5S. The number of allylic oxidation sites excluding steroid dienone is 3. The quantitative estimate of drug-likeness (QED) is 0.347. The number of pyridine rings is 1. The molecule has 0 radical (unpaired) electrons. The van der Waals surface area contributed by atoms with Crippen LogP contribution in [0.15, 0.2) is 67.3 Å². The van der Waals surface area contributed by atoms with Gasteiger partial charge >= 0.3 is 0 Å². The second-order valence-electron chi connectivity index (χ2n) is 8.67. The molecule has 186 valence electrons. The Morgan fingerprint density at radius 2 is 1.83 bits per heavy atom. The van der Waals surface area contributed by atoms with Crippen molar-refractivity contribution in [1.29, 1.82) is 5.26 Å². The Hall–Kier alpha value is -3.30. The maximum Gasteiger partial charge on any atom is 0.107 e. The van der Waals surface area contributed by atoms with Crippen molar-refractivity contribution in [3.63, 3.8) is 0 Å². The van der Waals surface area contributed by atoms with Gasteiger partial charge in [-0.15, -0.1) is 11.3 Å². The number of thiophene rings is 1. The molecule has 0 aromatic carbocycles. The van der Waals surface area contributed by atoms with Gasteiger partial charge in [0.15, 0.2) is 0 Å². The molecule has 0 aliphatic heterocycles. The van der Waals surface area contributed by atoms with Gasteiger partial charge in [-0.3, -0.25) is 15.0 Å². The summed E-state index contributed by atoms with van der Waals surface area (Å²) >= 11 is 1.71. The highest BCUT2D eigenvalue weighted by atomic mass is 32.1. The third kappa shape index (κ3) is 11.1. The summed E-state index contributed by atoms with van der Waals surface area (Å²) in [5.41, 5.74) is 9.24. The van der Waals surface area contributed by atoms with Gasteiger partial charge < -0.3 is 5.73 Å². The minimum absolute atomic E-state index is 0.444. The fourth-order valence-electron chi connectivity index (χ4n) is 2.83. The molecule has 0 saturated heterocycles. The predicted octanol–water partition coefficient (Wildman–Crippen LogP) is 7.48. The molecule has 3 heterocycles. The Kier molecular flexibility index (Phi) is 13.2. The first kappa shape index (κ1) is 29.7. The average molecular weight is 490 g/mol. The normalized spacial score (nSPS) is 11.3. The van der Waals surface area contributed by atoms with Gasteiger partial charge in [0.05, 0.1) is 28.3 Å². The van der Waals surface area contributed by atoms with Gasteiger partial charge in [-0.1, -0.05) is 52.8 Å². The zero-order valence-corrected chi connectivity index (χ0v) is 22.9. The fraction of sp³-hybridized carbons (Fsp3) is 0.379. The number of hydrogen-bond donors (Lipinski definition) is 1. The number of nitrogens with two attached hydrogens (primary N) is 1. The van der Waals surface area contributed by atoms with Crippen molar-refractivity contribution >= 4 is 17.0 Å². The van der Waals surface area contributed by atoms with Crippen LogP contribution in [0.1, 0.15) is 63.8 Å². The van der Waals surface area contributed by atoms with E-state index in [2.05, 4.69) is 53.9 Å². The third-order valence-electron chi connectivity index (χ3n) is 4.67. The van der Waals surface area contributed by atoms with Crippen LogP contribution in [0.5, 0.6) is 0 Å². The molecule has 5 nitrogen and oxygen atoms in total. The van der Waals surface area contributed by atoms with Crippen LogP contribution in [0.2, 0.25) is 0 Å². The first-order valence-corrected chi connectivity index (χ1v) is 12.9. The lowest BCUT2D eigenvalue weighted by Gasteiger charge is -2.06. The van der Waals surface area contributed by atoms with Crippen LogP contribution in [0, 0.1) is 22.7 Å². The maximum absolute atomic E-state index is 8.86. The van der Waals surface area contributed by atoms with Crippen molar-refractivity contribution in [2.45, 2.75) is 61.3 Å². The smallest absolute Gasteiger partial charge is 0.107 e. The van der Waals surface area contributed by atoms with E-state index in [0.29, 0.717) is 5.92 Å². The van der Waals surface area contributed by atoms with Crippen molar-refractivity contribution in [2.75, 3.05) is 0 Å². The molecule has 3 aromatic heterocycles. The predicted molar refractivity (Wildman–Crippen MR) is 150 cm³/mol. The Morgan fingerprint density at radius 1 is 1.09 bits per heavy atom. The second kappa shape index (κ2) is 15.6. The van der Waals surface area contributed by atoms with E-state index in [1.807, 2.05) is 64.3 Å². The summed E-state index contributed by atoms with van der Waals surface area (Å²) < 4.78 is 0. The van der Waals surface area contributed by atoms with Crippen LogP contribution < -0.4 is 5.73 Å². The molecule has 0 aliphatic rings. The summed E-state index contributed by atoms with van der Waals surface area (Å²) in [4.78, 5) is 15.1. The van der Waals surface area contributed by atoms with E-state index in [1.165, 1.54) is 10.4 Å². The number of aryl methyl sites for hydroxylation is 1. The molecule has 35 heavy (non-hydrogen) atoms. The average Bonchev–Trinajstić information content (AvgIpc) is 3.36. The van der Waals surface area contributed by atoms with Gasteiger partial charge in [-0.05, 0) is 62.4 Å². The number of aromatic nitrogens is 3. The van der Waals surface area contributed by atoms with Gasteiger partial charge in [0.25, 0.3) is 0 Å². The molecule has 0 amide bonds. The fourth-order valence-corrected chi connectivity index (χ4v) is 3.72. The summed E-state index contributed by atoms with van der Waals surface area (Å²) in [6.45, 7) is 14.3. The number of nitrogens with zero attached hydrogens (tertiary/aromatic N) is 4. The van der Waals surface area contributed by atoms with Crippen LogP contribution in [0.3, 0.4) is 0 Å². The van der Waals surface area contributed by atoms with Crippen LogP contribution in [0.25, 0.3) is 17.1 Å². The first-order valence-electron chi connectivity index (χ1n) is 12.1. The lowest BCUT2D eigenvalue weighted by atomic mass is 9.95. The minimum Gasteiger partial charge on any atom is -0.398 e. The van der Waals surface area contributed by atoms with E-state index in [-0.39, 0.29) is 0 Å². The molecule has 6 heteroatoms. The Balaban J connectivity index is 0.000000327. The highest BCUT2D eigenvalue weighted by Crippen LogP contribution is 2.22. The molecule has 0 fully saturated rings. The lowest BCUT2D eigenvalue weighted by molar-refractivity contribution is 0.644. The molecule has 0 spiro atoms. The highest BCUT2D eigenvalue weighted by Gasteiger charge is 2.10. The molecule has 2 N–H and O–H groups in total. The van der Waals surface area contributed by atoms with Gasteiger partial charge in [-0.25, -0.2) is 0 Å². The summed E-state index contributed by atoms with van der Waals surface area (Å²) in [5, 5.41) is 8.86. The van der Waals surface area contributed by atoms with Crippen molar-refractivity contribution in [2.24, 2.45) is 17.1 Å². The van der Waals surface area contributed by atoms with E-state index in [4.69, 9.17) is 11.0 Å².